The van der Waals surface area contributed by atoms with Crippen LogP contribution in [0.5, 0.6) is 0 Å². The van der Waals surface area contributed by atoms with Crippen molar-refractivity contribution in [2.24, 2.45) is 17.8 Å². The summed E-state index contributed by atoms with van der Waals surface area (Å²) in [6, 6.07) is 6.56. The summed E-state index contributed by atoms with van der Waals surface area (Å²) in [6.45, 7) is 3.78. The monoisotopic (exact) mass is 392 g/mol. The van der Waals surface area contributed by atoms with E-state index in [1.165, 1.54) is 44.1 Å². The normalized spacial score (nSPS) is 34.1. The van der Waals surface area contributed by atoms with Gasteiger partial charge < -0.3 is 15.2 Å². The molecule has 5 aliphatic rings. The van der Waals surface area contributed by atoms with Crippen molar-refractivity contribution < 1.29 is 4.79 Å². The molecule has 29 heavy (non-hydrogen) atoms. The quantitative estimate of drug-likeness (QED) is 0.776. The van der Waals surface area contributed by atoms with Gasteiger partial charge in [0.2, 0.25) is 0 Å². The van der Waals surface area contributed by atoms with Gasteiger partial charge in [0.1, 0.15) is 5.82 Å². The van der Waals surface area contributed by atoms with Crippen LogP contribution in [0.2, 0.25) is 0 Å². The lowest BCUT2D eigenvalue weighted by Crippen LogP contribution is -2.62. The van der Waals surface area contributed by atoms with Gasteiger partial charge in [-0.15, -0.1) is 0 Å². The van der Waals surface area contributed by atoms with Crippen molar-refractivity contribution in [2.75, 3.05) is 13.1 Å². The summed E-state index contributed by atoms with van der Waals surface area (Å²) in [5.74, 6) is 4.11. The molecule has 1 aromatic heterocycles. The molecule has 0 spiro atoms. The zero-order valence-corrected chi connectivity index (χ0v) is 17.4. The molecular formula is C24H32N4O. The Morgan fingerprint density at radius 1 is 1.10 bits per heavy atom. The van der Waals surface area contributed by atoms with Crippen molar-refractivity contribution in [3.05, 3.63) is 29.6 Å². The number of imidazole rings is 1. The van der Waals surface area contributed by atoms with Gasteiger partial charge in [-0.3, -0.25) is 0 Å². The van der Waals surface area contributed by atoms with E-state index in [-0.39, 0.29) is 11.6 Å². The highest BCUT2D eigenvalue weighted by Crippen LogP contribution is 2.55. The fourth-order valence-electron chi connectivity index (χ4n) is 7.26. The fraction of sp³-hybridized carbons (Fsp3) is 0.667. The highest BCUT2D eigenvalue weighted by molar-refractivity contribution is 5.76. The second kappa shape index (κ2) is 6.48. The minimum absolute atomic E-state index is 0.110. The molecule has 0 atom stereocenters. The number of benzene rings is 1. The molecule has 4 saturated carbocycles. The van der Waals surface area contributed by atoms with Gasteiger partial charge in [0.15, 0.2) is 0 Å². The first-order valence-corrected chi connectivity index (χ1v) is 11.6. The van der Waals surface area contributed by atoms with Crippen LogP contribution in [0.25, 0.3) is 11.0 Å². The number of likely N-dealkylation sites (tertiary alicyclic amines) is 1. The van der Waals surface area contributed by atoms with E-state index < -0.39 is 0 Å². The van der Waals surface area contributed by atoms with Crippen LogP contribution in [-0.2, 0) is 0 Å². The number of piperidine rings is 1. The van der Waals surface area contributed by atoms with Gasteiger partial charge in [-0.05, 0) is 93.7 Å². The Labute approximate surface area is 172 Å². The van der Waals surface area contributed by atoms with Gasteiger partial charge in [-0.1, -0.05) is 6.07 Å². The fourth-order valence-corrected chi connectivity index (χ4v) is 7.26. The van der Waals surface area contributed by atoms with Gasteiger partial charge in [0.05, 0.1) is 11.0 Å². The molecule has 5 fully saturated rings. The van der Waals surface area contributed by atoms with Crippen molar-refractivity contribution >= 4 is 17.1 Å². The van der Waals surface area contributed by atoms with Crippen molar-refractivity contribution in [1.82, 2.24) is 20.2 Å². The maximum atomic E-state index is 13.1. The van der Waals surface area contributed by atoms with Crippen molar-refractivity contribution in [3.63, 3.8) is 0 Å². The first kappa shape index (κ1) is 17.8. The van der Waals surface area contributed by atoms with Crippen molar-refractivity contribution in [3.8, 4) is 0 Å². The number of carbonyl (C=O) groups is 1. The SMILES string of the molecule is Cc1ccc2nc(C3CCN(C(=O)NC45CC6CC(CC(C6)C4)C5)CC3)[nH]c2c1. The Balaban J connectivity index is 1.10. The lowest BCUT2D eigenvalue weighted by Gasteiger charge is -2.57. The Morgan fingerprint density at radius 3 is 2.41 bits per heavy atom. The summed E-state index contributed by atoms with van der Waals surface area (Å²) in [5.41, 5.74) is 3.54. The van der Waals surface area contributed by atoms with Crippen LogP contribution in [-0.4, -0.2) is 39.5 Å². The number of amides is 2. The number of hydrogen-bond donors (Lipinski definition) is 2. The summed E-state index contributed by atoms with van der Waals surface area (Å²) in [6.07, 6.45) is 9.89. The van der Waals surface area contributed by atoms with Gasteiger partial charge in [0.25, 0.3) is 0 Å². The summed E-state index contributed by atoms with van der Waals surface area (Å²) in [7, 11) is 0. The molecule has 0 unspecified atom stereocenters. The topological polar surface area (TPSA) is 61.0 Å². The molecule has 154 valence electrons. The summed E-state index contributed by atoms with van der Waals surface area (Å²) in [5, 5.41) is 3.54. The Hall–Kier alpha value is -2.04. The van der Waals surface area contributed by atoms with Crippen LogP contribution < -0.4 is 5.32 Å². The Bertz CT molecular complexity index is 904. The minimum atomic E-state index is 0.110. The van der Waals surface area contributed by atoms with E-state index in [2.05, 4.69) is 40.3 Å². The molecular weight excluding hydrogens is 360 g/mol. The molecule has 4 bridgehead atoms. The number of nitrogens with zero attached hydrogens (tertiary/aromatic N) is 2. The van der Waals surface area contributed by atoms with E-state index in [4.69, 9.17) is 4.98 Å². The third-order valence-electron chi connectivity index (χ3n) is 8.23. The predicted molar refractivity (Wildman–Crippen MR) is 114 cm³/mol. The number of fused-ring (bicyclic) bond motifs is 1. The second-order valence-electron chi connectivity index (χ2n) is 10.5. The van der Waals surface area contributed by atoms with Crippen LogP contribution in [0, 0.1) is 24.7 Å². The number of aromatic nitrogens is 2. The average Bonchev–Trinajstić information content (AvgIpc) is 3.10. The number of urea groups is 1. The lowest BCUT2D eigenvalue weighted by atomic mass is 9.53. The number of rotatable bonds is 2. The van der Waals surface area contributed by atoms with Crippen molar-refractivity contribution in [2.45, 2.75) is 69.7 Å². The minimum Gasteiger partial charge on any atom is -0.342 e. The van der Waals surface area contributed by atoms with Gasteiger partial charge >= 0.3 is 6.03 Å². The summed E-state index contributed by atoms with van der Waals surface area (Å²) in [4.78, 5) is 23.5. The van der Waals surface area contributed by atoms with E-state index >= 15 is 0 Å². The number of H-pyrrole nitrogens is 1. The standard InChI is InChI=1S/C24H32N4O/c1-15-2-3-20-21(8-15)26-22(25-20)19-4-6-28(7-5-19)23(29)27-24-12-16-9-17(13-24)11-18(10-16)14-24/h2-3,8,16-19H,4-7,9-14H2,1H3,(H,25,26)(H,27,29). The van der Waals surface area contributed by atoms with E-state index in [0.717, 1.165) is 60.5 Å². The first-order chi connectivity index (χ1) is 14.1. The highest BCUT2D eigenvalue weighted by atomic mass is 16.2. The maximum Gasteiger partial charge on any atom is 0.317 e. The zero-order chi connectivity index (χ0) is 19.6. The predicted octanol–water partition coefficient (Wildman–Crippen LogP) is 4.73. The average molecular weight is 393 g/mol. The number of hydrogen-bond acceptors (Lipinski definition) is 2. The van der Waals surface area contributed by atoms with Gasteiger partial charge in [0, 0.05) is 24.5 Å². The van der Waals surface area contributed by atoms with Crippen LogP contribution >= 0.6 is 0 Å². The first-order valence-electron chi connectivity index (χ1n) is 11.6. The molecule has 1 saturated heterocycles. The highest BCUT2D eigenvalue weighted by Gasteiger charge is 2.51. The summed E-state index contributed by atoms with van der Waals surface area (Å²) < 4.78 is 0. The van der Waals surface area contributed by atoms with Crippen molar-refractivity contribution in [1.29, 1.82) is 0 Å². The molecule has 1 aliphatic heterocycles. The third-order valence-corrected chi connectivity index (χ3v) is 8.23. The number of nitrogens with one attached hydrogen (secondary N) is 2. The molecule has 2 aromatic rings. The van der Waals surface area contributed by atoms with E-state index in [0.29, 0.717) is 5.92 Å². The molecule has 2 heterocycles. The third kappa shape index (κ3) is 3.13. The number of aryl methyl sites for hydroxylation is 1. The molecule has 2 N–H and O–H groups in total. The Kier molecular flexibility index (Phi) is 3.97. The van der Waals surface area contributed by atoms with Crippen LogP contribution in [0.15, 0.2) is 18.2 Å². The van der Waals surface area contributed by atoms with E-state index in [9.17, 15) is 4.79 Å². The Morgan fingerprint density at radius 2 is 1.76 bits per heavy atom. The molecule has 4 aliphatic carbocycles. The summed E-state index contributed by atoms with van der Waals surface area (Å²) >= 11 is 0. The van der Waals surface area contributed by atoms with E-state index in [1.807, 2.05) is 0 Å². The second-order valence-corrected chi connectivity index (χ2v) is 10.5. The molecule has 2 amide bonds. The van der Waals surface area contributed by atoms with Crippen LogP contribution in [0.4, 0.5) is 4.79 Å². The van der Waals surface area contributed by atoms with E-state index in [1.54, 1.807) is 0 Å². The van der Waals surface area contributed by atoms with Crippen LogP contribution in [0.1, 0.15) is 68.7 Å². The molecule has 1 aromatic carbocycles. The molecule has 7 rings (SSSR count). The largest absolute Gasteiger partial charge is 0.342 e. The molecule has 5 heteroatoms. The zero-order valence-electron chi connectivity index (χ0n) is 17.4. The molecule has 5 nitrogen and oxygen atoms in total. The maximum absolute atomic E-state index is 13.1. The lowest BCUT2D eigenvalue weighted by molar-refractivity contribution is -0.0160. The van der Waals surface area contributed by atoms with Gasteiger partial charge in [-0.2, -0.15) is 0 Å². The molecule has 0 radical (unpaired) electrons. The van der Waals surface area contributed by atoms with Crippen LogP contribution in [0.3, 0.4) is 0 Å². The van der Waals surface area contributed by atoms with Gasteiger partial charge in [-0.25, -0.2) is 9.78 Å². The number of aromatic amines is 1. The smallest absolute Gasteiger partial charge is 0.317 e. The number of carbonyl (C=O) groups excluding carboxylic acids is 1.